The van der Waals surface area contributed by atoms with Gasteiger partial charge in [0, 0.05) is 31.4 Å². The van der Waals surface area contributed by atoms with Gasteiger partial charge in [0.2, 0.25) is 0 Å². The first-order valence-corrected chi connectivity index (χ1v) is 5.40. The van der Waals surface area contributed by atoms with Gasteiger partial charge in [0.1, 0.15) is 5.69 Å². The molecule has 2 atom stereocenters. The molecule has 0 bridgehead atoms. The number of H-pyrrole nitrogens is 2. The molecular weight excluding hydrogens is 208 g/mol. The van der Waals surface area contributed by atoms with Gasteiger partial charge in [-0.25, -0.2) is 4.79 Å². The molecule has 3 N–H and O–H groups in total. The molecule has 0 aliphatic carbocycles. The number of carbonyl (C=O) groups is 1. The molecule has 1 aliphatic rings. The number of nitrogens with one attached hydrogen (secondary N) is 3. The Kier molecular flexibility index (Phi) is 2.82. The number of aromatic amines is 2. The van der Waals surface area contributed by atoms with Crippen molar-refractivity contribution >= 4 is 5.91 Å². The van der Waals surface area contributed by atoms with Crippen molar-refractivity contribution < 1.29 is 4.79 Å². The van der Waals surface area contributed by atoms with Gasteiger partial charge in [0.15, 0.2) is 0 Å². The SMILES string of the molecule is CC1CN(C(=O)c2c[nH]c(=O)[nH]2)C(C)CN1. The van der Waals surface area contributed by atoms with Crippen molar-refractivity contribution in [2.24, 2.45) is 0 Å². The number of carbonyl (C=O) groups excluding carboxylic acids is 1. The summed E-state index contributed by atoms with van der Waals surface area (Å²) < 4.78 is 0. The molecule has 2 rings (SSSR count). The number of rotatable bonds is 1. The molecule has 0 radical (unpaired) electrons. The van der Waals surface area contributed by atoms with Crippen LogP contribution < -0.4 is 11.0 Å². The quantitative estimate of drug-likeness (QED) is 0.603. The normalized spacial score (nSPS) is 25.8. The number of piperazine rings is 1. The predicted octanol–water partition coefficient (Wildman–Crippen LogP) is -0.475. The van der Waals surface area contributed by atoms with Crippen LogP contribution in [0.5, 0.6) is 0 Å². The van der Waals surface area contributed by atoms with Crippen molar-refractivity contribution in [3.05, 3.63) is 22.4 Å². The molecular formula is C10H16N4O2. The topological polar surface area (TPSA) is 81.0 Å². The zero-order valence-electron chi connectivity index (χ0n) is 9.41. The Morgan fingerprint density at radius 1 is 1.50 bits per heavy atom. The lowest BCUT2D eigenvalue weighted by Crippen LogP contribution is -2.56. The summed E-state index contributed by atoms with van der Waals surface area (Å²) in [6.45, 7) is 5.46. The summed E-state index contributed by atoms with van der Waals surface area (Å²) in [5.41, 5.74) is -0.0230. The highest BCUT2D eigenvalue weighted by molar-refractivity contribution is 5.92. The fraction of sp³-hybridized carbons (Fsp3) is 0.600. The highest BCUT2D eigenvalue weighted by Crippen LogP contribution is 2.09. The van der Waals surface area contributed by atoms with Crippen LogP contribution in [0.4, 0.5) is 0 Å². The van der Waals surface area contributed by atoms with Gasteiger partial charge in [-0.2, -0.15) is 0 Å². The lowest BCUT2D eigenvalue weighted by atomic mass is 10.1. The number of nitrogens with zero attached hydrogens (tertiary/aromatic N) is 1. The van der Waals surface area contributed by atoms with E-state index in [1.165, 1.54) is 6.20 Å². The van der Waals surface area contributed by atoms with Crippen molar-refractivity contribution in [1.29, 1.82) is 0 Å². The highest BCUT2D eigenvalue weighted by atomic mass is 16.2. The summed E-state index contributed by atoms with van der Waals surface area (Å²) in [5.74, 6) is -0.126. The number of imidazole rings is 1. The van der Waals surface area contributed by atoms with E-state index < -0.39 is 0 Å². The molecule has 2 unspecified atom stereocenters. The minimum Gasteiger partial charge on any atom is -0.332 e. The summed E-state index contributed by atoms with van der Waals surface area (Å²) in [4.78, 5) is 29.7. The molecule has 0 saturated carbocycles. The number of hydrogen-bond acceptors (Lipinski definition) is 3. The van der Waals surface area contributed by atoms with Crippen molar-refractivity contribution in [3.63, 3.8) is 0 Å². The van der Waals surface area contributed by atoms with Gasteiger partial charge in [-0.15, -0.1) is 0 Å². The second kappa shape index (κ2) is 4.13. The van der Waals surface area contributed by atoms with Gasteiger partial charge in [0.05, 0.1) is 0 Å². The fourth-order valence-corrected chi connectivity index (χ4v) is 1.91. The maximum Gasteiger partial charge on any atom is 0.323 e. The van der Waals surface area contributed by atoms with Crippen LogP contribution in [-0.4, -0.2) is 45.9 Å². The second-order valence-electron chi connectivity index (χ2n) is 4.27. The highest BCUT2D eigenvalue weighted by Gasteiger charge is 2.27. The van der Waals surface area contributed by atoms with E-state index in [1.807, 2.05) is 13.8 Å². The first-order valence-electron chi connectivity index (χ1n) is 5.40. The van der Waals surface area contributed by atoms with Crippen LogP contribution in [0.1, 0.15) is 24.3 Å². The van der Waals surface area contributed by atoms with Gasteiger partial charge in [-0.05, 0) is 13.8 Å². The smallest absolute Gasteiger partial charge is 0.323 e. The van der Waals surface area contributed by atoms with Gasteiger partial charge in [-0.1, -0.05) is 0 Å². The van der Waals surface area contributed by atoms with Crippen molar-refractivity contribution in [1.82, 2.24) is 20.2 Å². The van der Waals surface area contributed by atoms with E-state index in [-0.39, 0.29) is 23.7 Å². The van der Waals surface area contributed by atoms with Crippen molar-refractivity contribution in [2.75, 3.05) is 13.1 Å². The summed E-state index contributed by atoms with van der Waals surface area (Å²) in [7, 11) is 0. The lowest BCUT2D eigenvalue weighted by molar-refractivity contribution is 0.0610. The molecule has 2 heterocycles. The van der Waals surface area contributed by atoms with Crippen LogP contribution in [0.15, 0.2) is 11.0 Å². The molecule has 1 saturated heterocycles. The number of aromatic nitrogens is 2. The van der Waals surface area contributed by atoms with Gasteiger partial charge in [-0.3, -0.25) is 4.79 Å². The summed E-state index contributed by atoms with van der Waals surface area (Å²) in [5, 5.41) is 3.30. The molecule has 1 aromatic rings. The van der Waals surface area contributed by atoms with E-state index in [9.17, 15) is 9.59 Å². The predicted molar refractivity (Wildman–Crippen MR) is 59.4 cm³/mol. The minimum atomic E-state index is -0.348. The van der Waals surface area contributed by atoms with Crippen LogP contribution in [0.25, 0.3) is 0 Å². The average molecular weight is 224 g/mol. The molecule has 1 aromatic heterocycles. The van der Waals surface area contributed by atoms with E-state index in [2.05, 4.69) is 15.3 Å². The second-order valence-corrected chi connectivity index (χ2v) is 4.27. The zero-order valence-corrected chi connectivity index (χ0v) is 9.41. The monoisotopic (exact) mass is 224 g/mol. The largest absolute Gasteiger partial charge is 0.332 e. The van der Waals surface area contributed by atoms with E-state index in [1.54, 1.807) is 4.90 Å². The van der Waals surface area contributed by atoms with Gasteiger partial charge >= 0.3 is 5.69 Å². The summed E-state index contributed by atoms with van der Waals surface area (Å²) in [6, 6.07) is 0.424. The Labute approximate surface area is 93.0 Å². The standard InChI is InChI=1S/C10H16N4O2/c1-6-5-14(7(2)3-11-6)9(15)8-4-12-10(16)13-8/h4,6-7,11H,3,5H2,1-2H3,(H2,12,13,16). The van der Waals surface area contributed by atoms with Crippen LogP contribution >= 0.6 is 0 Å². The van der Waals surface area contributed by atoms with E-state index in [0.29, 0.717) is 12.2 Å². The van der Waals surface area contributed by atoms with Crippen LogP contribution in [0, 0.1) is 0 Å². The van der Waals surface area contributed by atoms with Gasteiger partial charge in [0.25, 0.3) is 5.91 Å². The van der Waals surface area contributed by atoms with Crippen LogP contribution in [-0.2, 0) is 0 Å². The first kappa shape index (κ1) is 10.9. The van der Waals surface area contributed by atoms with E-state index in [0.717, 1.165) is 6.54 Å². The minimum absolute atomic E-state index is 0.126. The maximum atomic E-state index is 12.1. The third kappa shape index (κ3) is 2.01. The molecule has 0 spiro atoms. The third-order valence-corrected chi connectivity index (χ3v) is 2.85. The summed E-state index contributed by atoms with van der Waals surface area (Å²) in [6.07, 6.45) is 1.42. The molecule has 6 nitrogen and oxygen atoms in total. The Morgan fingerprint density at radius 3 is 2.88 bits per heavy atom. The lowest BCUT2D eigenvalue weighted by Gasteiger charge is -2.37. The van der Waals surface area contributed by atoms with Crippen LogP contribution in [0.3, 0.4) is 0 Å². The molecule has 88 valence electrons. The molecule has 1 amide bonds. The zero-order chi connectivity index (χ0) is 11.7. The Hall–Kier alpha value is -1.56. The molecule has 16 heavy (non-hydrogen) atoms. The van der Waals surface area contributed by atoms with Crippen molar-refractivity contribution in [2.45, 2.75) is 25.9 Å². The van der Waals surface area contributed by atoms with Gasteiger partial charge < -0.3 is 20.2 Å². The average Bonchev–Trinajstić information content (AvgIpc) is 2.67. The Morgan fingerprint density at radius 2 is 2.25 bits per heavy atom. The Bertz CT molecular complexity index is 436. The molecule has 1 aliphatic heterocycles. The van der Waals surface area contributed by atoms with E-state index >= 15 is 0 Å². The molecule has 1 fully saturated rings. The number of hydrogen-bond donors (Lipinski definition) is 3. The summed E-state index contributed by atoms with van der Waals surface area (Å²) >= 11 is 0. The fourth-order valence-electron chi connectivity index (χ4n) is 1.91. The Balaban J connectivity index is 2.17. The first-order chi connectivity index (χ1) is 7.58. The maximum absolute atomic E-state index is 12.1. The van der Waals surface area contributed by atoms with E-state index in [4.69, 9.17) is 0 Å². The van der Waals surface area contributed by atoms with Crippen molar-refractivity contribution in [3.8, 4) is 0 Å². The van der Waals surface area contributed by atoms with Crippen LogP contribution in [0.2, 0.25) is 0 Å². The third-order valence-electron chi connectivity index (χ3n) is 2.85. The molecule has 6 heteroatoms. The number of amides is 1. The molecule has 0 aromatic carbocycles.